The molecule has 0 aliphatic carbocycles. The van der Waals surface area contributed by atoms with Crippen LogP contribution < -0.4 is 5.32 Å². The van der Waals surface area contributed by atoms with Gasteiger partial charge < -0.3 is 10.1 Å². The fourth-order valence-electron chi connectivity index (χ4n) is 1.71. The van der Waals surface area contributed by atoms with Gasteiger partial charge in [-0.25, -0.2) is 4.39 Å². The molecule has 1 aliphatic heterocycles. The Balaban J connectivity index is 1.92. The molecule has 2 heterocycles. The Kier molecular flexibility index (Phi) is 3.64. The lowest BCUT2D eigenvalue weighted by Crippen LogP contribution is -2.24. The molecule has 3 nitrogen and oxygen atoms in total. The normalized spacial score (nSPS) is 22.3. The largest absolute Gasteiger partial charge is 0.380 e. The number of hydrogen-bond acceptors (Lipinski definition) is 3. The van der Waals surface area contributed by atoms with Crippen LogP contribution in [0.25, 0.3) is 0 Å². The molecule has 0 aromatic carbocycles. The first-order chi connectivity index (χ1) is 7.34. The third-order valence-electron chi connectivity index (χ3n) is 2.50. The monoisotopic (exact) mass is 210 g/mol. The summed E-state index contributed by atoms with van der Waals surface area (Å²) in [6, 6.07) is 3.19. The molecule has 1 unspecified atom stereocenters. The van der Waals surface area contributed by atoms with E-state index in [4.69, 9.17) is 4.74 Å². The van der Waals surface area contributed by atoms with E-state index in [1.807, 2.05) is 0 Å². The van der Waals surface area contributed by atoms with E-state index in [1.165, 1.54) is 12.3 Å². The smallest absolute Gasteiger partial charge is 0.141 e. The number of halogens is 1. The molecule has 0 radical (unpaired) electrons. The molecule has 1 aromatic rings. The second-order valence-corrected chi connectivity index (χ2v) is 3.82. The van der Waals surface area contributed by atoms with E-state index < -0.39 is 0 Å². The van der Waals surface area contributed by atoms with Crippen LogP contribution in [0, 0.1) is 11.7 Å². The summed E-state index contributed by atoms with van der Waals surface area (Å²) in [5, 5.41) is 3.30. The van der Waals surface area contributed by atoms with Gasteiger partial charge in [0.1, 0.15) is 5.82 Å². The maximum Gasteiger partial charge on any atom is 0.141 e. The Morgan fingerprint density at radius 3 is 3.27 bits per heavy atom. The number of nitrogens with zero attached hydrogens (tertiary/aromatic N) is 1. The van der Waals surface area contributed by atoms with Gasteiger partial charge in [0.15, 0.2) is 0 Å². The zero-order valence-electron chi connectivity index (χ0n) is 8.58. The van der Waals surface area contributed by atoms with E-state index in [0.29, 0.717) is 5.92 Å². The van der Waals surface area contributed by atoms with Crippen molar-refractivity contribution in [3.63, 3.8) is 0 Å². The molecule has 82 valence electrons. The number of ether oxygens (including phenoxy) is 1. The fourth-order valence-corrected chi connectivity index (χ4v) is 1.71. The van der Waals surface area contributed by atoms with Crippen LogP contribution in [-0.2, 0) is 11.2 Å². The van der Waals surface area contributed by atoms with Gasteiger partial charge in [0, 0.05) is 24.7 Å². The van der Waals surface area contributed by atoms with Crippen molar-refractivity contribution in [2.45, 2.75) is 6.42 Å². The van der Waals surface area contributed by atoms with Crippen LogP contribution in [0.2, 0.25) is 0 Å². The topological polar surface area (TPSA) is 34.1 Å². The Labute approximate surface area is 88.7 Å². The molecular formula is C11H15FN2O. The fraction of sp³-hybridized carbons (Fsp3) is 0.545. The van der Waals surface area contributed by atoms with E-state index in [0.717, 1.165) is 38.4 Å². The zero-order chi connectivity index (χ0) is 10.5. The zero-order valence-corrected chi connectivity index (χ0v) is 8.58. The minimum Gasteiger partial charge on any atom is -0.380 e. The SMILES string of the molecule is Fc1ccc(CC2CNCCOC2)nc1. The minimum atomic E-state index is -0.283. The maximum absolute atomic E-state index is 12.6. The average Bonchev–Trinajstić information content (AvgIpc) is 2.50. The van der Waals surface area contributed by atoms with Crippen molar-refractivity contribution >= 4 is 0 Å². The molecule has 0 spiro atoms. The van der Waals surface area contributed by atoms with Gasteiger partial charge in [0.05, 0.1) is 19.4 Å². The van der Waals surface area contributed by atoms with Gasteiger partial charge in [-0.2, -0.15) is 0 Å². The van der Waals surface area contributed by atoms with Crippen LogP contribution in [0.3, 0.4) is 0 Å². The molecule has 4 heteroatoms. The maximum atomic E-state index is 12.6. The third kappa shape index (κ3) is 3.25. The predicted octanol–water partition coefficient (Wildman–Crippen LogP) is 0.999. The van der Waals surface area contributed by atoms with E-state index in [2.05, 4.69) is 10.3 Å². The van der Waals surface area contributed by atoms with Crippen molar-refractivity contribution in [1.29, 1.82) is 0 Å². The van der Waals surface area contributed by atoms with E-state index in [9.17, 15) is 4.39 Å². The molecule has 15 heavy (non-hydrogen) atoms. The van der Waals surface area contributed by atoms with E-state index >= 15 is 0 Å². The lowest BCUT2D eigenvalue weighted by Gasteiger charge is -2.12. The number of hydrogen-bond donors (Lipinski definition) is 1. The molecule has 1 fully saturated rings. The third-order valence-corrected chi connectivity index (χ3v) is 2.50. The highest BCUT2D eigenvalue weighted by Gasteiger charge is 2.13. The number of nitrogens with one attached hydrogen (secondary N) is 1. The molecule has 0 saturated carbocycles. The second kappa shape index (κ2) is 5.19. The summed E-state index contributed by atoms with van der Waals surface area (Å²) in [4.78, 5) is 4.04. The van der Waals surface area contributed by atoms with Crippen molar-refractivity contribution in [3.8, 4) is 0 Å². The van der Waals surface area contributed by atoms with Crippen molar-refractivity contribution < 1.29 is 9.13 Å². The summed E-state index contributed by atoms with van der Waals surface area (Å²) in [6.45, 7) is 3.38. The summed E-state index contributed by atoms with van der Waals surface area (Å²) < 4.78 is 18.1. The van der Waals surface area contributed by atoms with Crippen LogP contribution in [0.5, 0.6) is 0 Å². The lowest BCUT2D eigenvalue weighted by atomic mass is 10.0. The van der Waals surface area contributed by atoms with Gasteiger partial charge in [0.2, 0.25) is 0 Å². The average molecular weight is 210 g/mol. The predicted molar refractivity (Wildman–Crippen MR) is 55.1 cm³/mol. The Morgan fingerprint density at radius 1 is 1.53 bits per heavy atom. The van der Waals surface area contributed by atoms with Crippen molar-refractivity contribution in [3.05, 3.63) is 29.8 Å². The van der Waals surface area contributed by atoms with Crippen molar-refractivity contribution in [2.75, 3.05) is 26.3 Å². The molecule has 1 aromatic heterocycles. The summed E-state index contributed by atoms with van der Waals surface area (Å²) in [5.74, 6) is 0.152. The molecular weight excluding hydrogens is 195 g/mol. The highest BCUT2D eigenvalue weighted by atomic mass is 19.1. The van der Waals surface area contributed by atoms with Crippen LogP contribution in [0.4, 0.5) is 4.39 Å². The van der Waals surface area contributed by atoms with Crippen molar-refractivity contribution in [2.24, 2.45) is 5.92 Å². The Morgan fingerprint density at radius 2 is 2.47 bits per heavy atom. The highest BCUT2D eigenvalue weighted by Crippen LogP contribution is 2.08. The molecule has 1 N–H and O–H groups in total. The Hall–Kier alpha value is -1.00. The first-order valence-corrected chi connectivity index (χ1v) is 5.23. The van der Waals surface area contributed by atoms with Gasteiger partial charge >= 0.3 is 0 Å². The van der Waals surface area contributed by atoms with Crippen LogP contribution >= 0.6 is 0 Å². The van der Waals surface area contributed by atoms with E-state index in [-0.39, 0.29) is 5.82 Å². The van der Waals surface area contributed by atoms with E-state index in [1.54, 1.807) is 6.07 Å². The number of pyridine rings is 1. The summed E-state index contributed by atoms with van der Waals surface area (Å²) in [6.07, 6.45) is 2.10. The molecule has 2 rings (SSSR count). The van der Waals surface area contributed by atoms with Gasteiger partial charge in [-0.15, -0.1) is 0 Å². The molecule has 0 amide bonds. The highest BCUT2D eigenvalue weighted by molar-refractivity contribution is 5.06. The van der Waals surface area contributed by atoms with Crippen LogP contribution in [0.15, 0.2) is 18.3 Å². The van der Waals surface area contributed by atoms with Crippen LogP contribution in [0.1, 0.15) is 5.69 Å². The molecule has 1 atom stereocenters. The number of aromatic nitrogens is 1. The van der Waals surface area contributed by atoms with Crippen molar-refractivity contribution in [1.82, 2.24) is 10.3 Å². The van der Waals surface area contributed by atoms with Gasteiger partial charge in [-0.3, -0.25) is 4.98 Å². The van der Waals surface area contributed by atoms with Gasteiger partial charge in [0.25, 0.3) is 0 Å². The first kappa shape index (κ1) is 10.5. The molecule has 1 aliphatic rings. The van der Waals surface area contributed by atoms with Crippen LogP contribution in [-0.4, -0.2) is 31.3 Å². The summed E-state index contributed by atoms with van der Waals surface area (Å²) in [5.41, 5.74) is 0.925. The standard InChI is InChI=1S/C11H15FN2O/c12-10-1-2-11(14-7-10)5-9-6-13-3-4-15-8-9/h1-2,7,9,13H,3-6,8H2. The minimum absolute atomic E-state index is 0.283. The Bertz CT molecular complexity index is 294. The summed E-state index contributed by atoms with van der Waals surface area (Å²) in [7, 11) is 0. The first-order valence-electron chi connectivity index (χ1n) is 5.23. The quantitative estimate of drug-likeness (QED) is 0.790. The second-order valence-electron chi connectivity index (χ2n) is 3.82. The molecule has 0 bridgehead atoms. The number of rotatable bonds is 2. The van der Waals surface area contributed by atoms with Gasteiger partial charge in [-0.1, -0.05) is 0 Å². The molecule has 1 saturated heterocycles. The lowest BCUT2D eigenvalue weighted by molar-refractivity contribution is 0.123. The summed E-state index contributed by atoms with van der Waals surface area (Å²) >= 11 is 0. The van der Waals surface area contributed by atoms with Gasteiger partial charge in [-0.05, 0) is 18.6 Å².